The fourth-order valence-corrected chi connectivity index (χ4v) is 4.36. The van der Waals surface area contributed by atoms with Crippen LogP contribution in [0.3, 0.4) is 0 Å². The lowest BCUT2D eigenvalue weighted by atomic mass is 10.2. The largest absolute Gasteiger partial charge is 0.302 e. The van der Waals surface area contributed by atoms with Gasteiger partial charge in [0, 0.05) is 36.3 Å². The molecule has 162 valence electrons. The minimum Gasteiger partial charge on any atom is -0.302 e. The third-order valence-corrected chi connectivity index (χ3v) is 6.15. The number of halogens is 1. The van der Waals surface area contributed by atoms with Crippen LogP contribution in [0.2, 0.25) is 5.02 Å². The van der Waals surface area contributed by atoms with Crippen molar-refractivity contribution in [1.29, 1.82) is 0 Å². The Morgan fingerprint density at radius 3 is 2.68 bits per heavy atom. The Balaban J connectivity index is 1.88. The van der Waals surface area contributed by atoms with Crippen molar-refractivity contribution in [1.82, 2.24) is 9.88 Å². The Hall–Kier alpha value is -2.81. The fourth-order valence-electron chi connectivity index (χ4n) is 3.08. The van der Waals surface area contributed by atoms with Gasteiger partial charge in [-0.3, -0.25) is 19.8 Å². The van der Waals surface area contributed by atoms with Crippen LogP contribution in [-0.4, -0.2) is 46.9 Å². The number of aromatic nitrogens is 1. The van der Waals surface area contributed by atoms with Gasteiger partial charge in [0.25, 0.3) is 11.6 Å². The van der Waals surface area contributed by atoms with Crippen molar-refractivity contribution in [3.05, 3.63) is 69.2 Å². The number of carbonyl (C=O) groups excluding carboxylic acids is 1. The summed E-state index contributed by atoms with van der Waals surface area (Å²) in [7, 11) is 0. The predicted molar refractivity (Wildman–Crippen MR) is 127 cm³/mol. The smallest absolute Gasteiger partial charge is 0.270 e. The van der Waals surface area contributed by atoms with Gasteiger partial charge in [-0.25, -0.2) is 4.98 Å². The first kappa shape index (κ1) is 22.9. The van der Waals surface area contributed by atoms with E-state index in [1.165, 1.54) is 29.5 Å². The molecule has 0 atom stereocenters. The molecular formula is C22H23ClN4O3S. The number of hydrogen-bond acceptors (Lipinski definition) is 6. The summed E-state index contributed by atoms with van der Waals surface area (Å²) in [5.41, 5.74) is 1.35. The van der Waals surface area contributed by atoms with E-state index in [0.717, 1.165) is 23.3 Å². The Kier molecular flexibility index (Phi) is 7.73. The second-order valence-corrected chi connectivity index (χ2v) is 8.26. The SMILES string of the molecule is CCN(CC)CCN(C(=O)/C=C/c1cccc([N+](=O)[O-])c1)c1nc2ccc(Cl)cc2s1. The van der Waals surface area contributed by atoms with Crippen molar-refractivity contribution in [3.63, 3.8) is 0 Å². The van der Waals surface area contributed by atoms with E-state index in [2.05, 4.69) is 23.7 Å². The zero-order valence-electron chi connectivity index (χ0n) is 17.3. The van der Waals surface area contributed by atoms with Crippen LogP contribution in [0.4, 0.5) is 10.8 Å². The van der Waals surface area contributed by atoms with Gasteiger partial charge >= 0.3 is 0 Å². The van der Waals surface area contributed by atoms with Crippen molar-refractivity contribution in [2.45, 2.75) is 13.8 Å². The number of amides is 1. The maximum atomic E-state index is 13.1. The summed E-state index contributed by atoms with van der Waals surface area (Å²) in [6.45, 7) is 7.12. The number of non-ortho nitro benzene ring substituents is 1. The quantitative estimate of drug-likeness (QED) is 0.248. The standard InChI is InChI=1S/C22H23ClN4O3S/c1-3-25(4-2)12-13-26(22-24-19-10-9-17(23)15-20(19)31-22)21(28)11-8-16-6-5-7-18(14-16)27(29)30/h5-11,14-15H,3-4,12-13H2,1-2H3/b11-8+. The average molecular weight is 459 g/mol. The number of likely N-dealkylation sites (N-methyl/N-ethyl adjacent to an activating group) is 1. The zero-order chi connectivity index (χ0) is 22.4. The second kappa shape index (κ2) is 10.5. The van der Waals surface area contributed by atoms with Crippen LogP contribution >= 0.6 is 22.9 Å². The summed E-state index contributed by atoms with van der Waals surface area (Å²) in [5, 5.41) is 12.2. The first-order valence-electron chi connectivity index (χ1n) is 9.93. The molecule has 3 rings (SSSR count). The van der Waals surface area contributed by atoms with Crippen LogP contribution in [0.5, 0.6) is 0 Å². The third-order valence-electron chi connectivity index (χ3n) is 4.87. The Morgan fingerprint density at radius 2 is 1.97 bits per heavy atom. The van der Waals surface area contributed by atoms with Gasteiger partial charge in [0.2, 0.25) is 0 Å². The van der Waals surface area contributed by atoms with Gasteiger partial charge < -0.3 is 4.90 Å². The number of anilines is 1. The monoisotopic (exact) mass is 458 g/mol. The van der Waals surface area contributed by atoms with Crippen LogP contribution in [0, 0.1) is 10.1 Å². The second-order valence-electron chi connectivity index (χ2n) is 6.81. The molecule has 31 heavy (non-hydrogen) atoms. The molecular weight excluding hydrogens is 436 g/mol. The highest BCUT2D eigenvalue weighted by molar-refractivity contribution is 7.22. The fraction of sp³-hybridized carbons (Fsp3) is 0.273. The molecule has 1 amide bonds. The van der Waals surface area contributed by atoms with E-state index in [-0.39, 0.29) is 11.6 Å². The summed E-state index contributed by atoms with van der Waals surface area (Å²) < 4.78 is 0.908. The molecule has 0 spiro atoms. The maximum Gasteiger partial charge on any atom is 0.270 e. The molecule has 9 heteroatoms. The van der Waals surface area contributed by atoms with E-state index < -0.39 is 4.92 Å². The maximum absolute atomic E-state index is 13.1. The van der Waals surface area contributed by atoms with Gasteiger partial charge in [0.05, 0.1) is 15.1 Å². The van der Waals surface area contributed by atoms with E-state index in [0.29, 0.717) is 28.8 Å². The normalized spacial score (nSPS) is 11.5. The Bertz CT molecular complexity index is 1110. The summed E-state index contributed by atoms with van der Waals surface area (Å²) in [6.07, 6.45) is 3.02. The molecule has 0 bridgehead atoms. The van der Waals surface area contributed by atoms with Crippen LogP contribution in [0.15, 0.2) is 48.5 Å². The van der Waals surface area contributed by atoms with Gasteiger partial charge in [-0.1, -0.05) is 48.9 Å². The van der Waals surface area contributed by atoms with Crippen molar-refractivity contribution < 1.29 is 9.72 Å². The van der Waals surface area contributed by atoms with Gasteiger partial charge in [-0.2, -0.15) is 0 Å². The molecule has 0 aliphatic rings. The number of hydrogen-bond donors (Lipinski definition) is 0. The molecule has 1 heterocycles. The molecule has 0 unspecified atom stereocenters. The molecule has 3 aromatic rings. The van der Waals surface area contributed by atoms with Gasteiger partial charge in [-0.05, 0) is 42.9 Å². The molecule has 0 saturated carbocycles. The van der Waals surface area contributed by atoms with E-state index in [1.807, 2.05) is 12.1 Å². The van der Waals surface area contributed by atoms with Gasteiger partial charge in [0.1, 0.15) is 0 Å². The number of nitro groups is 1. The molecule has 7 nitrogen and oxygen atoms in total. The van der Waals surface area contributed by atoms with Crippen LogP contribution in [0.1, 0.15) is 19.4 Å². The van der Waals surface area contributed by atoms with Gasteiger partial charge in [-0.15, -0.1) is 0 Å². The van der Waals surface area contributed by atoms with Crippen LogP contribution in [-0.2, 0) is 4.79 Å². The highest BCUT2D eigenvalue weighted by Crippen LogP contribution is 2.31. The van der Waals surface area contributed by atoms with E-state index in [9.17, 15) is 14.9 Å². The Labute approximate surface area is 189 Å². The van der Waals surface area contributed by atoms with E-state index in [4.69, 9.17) is 11.6 Å². The van der Waals surface area contributed by atoms with Crippen LogP contribution in [0.25, 0.3) is 16.3 Å². The molecule has 2 aromatic carbocycles. The first-order chi connectivity index (χ1) is 14.9. The number of nitro benzene ring substituents is 1. The summed E-state index contributed by atoms with van der Waals surface area (Å²) >= 11 is 7.51. The number of rotatable bonds is 9. The molecule has 0 saturated heterocycles. The number of fused-ring (bicyclic) bond motifs is 1. The lowest BCUT2D eigenvalue weighted by Gasteiger charge is -2.23. The minimum atomic E-state index is -0.457. The zero-order valence-corrected chi connectivity index (χ0v) is 18.9. The van der Waals surface area contributed by atoms with Crippen LogP contribution < -0.4 is 4.90 Å². The summed E-state index contributed by atoms with van der Waals surface area (Å²) in [4.78, 5) is 32.1. The van der Waals surface area contributed by atoms with Crippen molar-refractivity contribution in [3.8, 4) is 0 Å². The predicted octanol–water partition coefficient (Wildman–Crippen LogP) is 5.25. The summed E-state index contributed by atoms with van der Waals surface area (Å²) in [5.74, 6) is -0.233. The van der Waals surface area contributed by atoms with Crippen molar-refractivity contribution in [2.24, 2.45) is 0 Å². The minimum absolute atomic E-state index is 0.0176. The lowest BCUT2D eigenvalue weighted by molar-refractivity contribution is -0.384. The molecule has 0 radical (unpaired) electrons. The molecule has 0 N–H and O–H groups in total. The lowest BCUT2D eigenvalue weighted by Crippen LogP contribution is -2.38. The Morgan fingerprint density at radius 1 is 1.19 bits per heavy atom. The van der Waals surface area contributed by atoms with Crippen molar-refractivity contribution >= 4 is 56.0 Å². The molecule has 1 aromatic heterocycles. The van der Waals surface area contributed by atoms with E-state index in [1.54, 1.807) is 29.2 Å². The topological polar surface area (TPSA) is 79.6 Å². The van der Waals surface area contributed by atoms with Gasteiger partial charge in [0.15, 0.2) is 5.13 Å². The first-order valence-corrected chi connectivity index (χ1v) is 11.1. The number of benzene rings is 2. The number of nitrogens with zero attached hydrogens (tertiary/aromatic N) is 4. The van der Waals surface area contributed by atoms with Crippen molar-refractivity contribution in [2.75, 3.05) is 31.1 Å². The summed E-state index contributed by atoms with van der Waals surface area (Å²) in [6, 6.07) is 11.6. The molecule has 0 aliphatic carbocycles. The molecule has 0 aliphatic heterocycles. The highest BCUT2D eigenvalue weighted by atomic mass is 35.5. The third kappa shape index (κ3) is 5.88. The molecule has 0 fully saturated rings. The number of carbonyl (C=O) groups is 1. The van der Waals surface area contributed by atoms with E-state index >= 15 is 0 Å². The average Bonchev–Trinajstić information content (AvgIpc) is 3.18. The highest BCUT2D eigenvalue weighted by Gasteiger charge is 2.19. The number of thiazole rings is 1.